The second-order valence-corrected chi connectivity index (χ2v) is 8.25. The minimum atomic E-state index is -1.32. The van der Waals surface area contributed by atoms with E-state index in [2.05, 4.69) is 26.1 Å². The first-order valence-electron chi connectivity index (χ1n) is 8.18. The van der Waals surface area contributed by atoms with Crippen LogP contribution in [-0.2, 0) is 25.7 Å². The molecule has 0 heterocycles. The van der Waals surface area contributed by atoms with Gasteiger partial charge >= 0.3 is 5.97 Å². The molecule has 1 atom stereocenters. The summed E-state index contributed by atoms with van der Waals surface area (Å²) in [6.07, 6.45) is 1.49. The Kier molecular flexibility index (Phi) is 6.32. The molecule has 2 rings (SSSR count). The Bertz CT molecular complexity index is 822. The molecule has 0 spiro atoms. The van der Waals surface area contributed by atoms with E-state index >= 15 is 0 Å². The van der Waals surface area contributed by atoms with Crippen LogP contribution in [0, 0.1) is 0 Å². The summed E-state index contributed by atoms with van der Waals surface area (Å²) in [7, 11) is -1.32. The summed E-state index contributed by atoms with van der Waals surface area (Å²) < 4.78 is 16.7. The van der Waals surface area contributed by atoms with Crippen LogP contribution < -0.4 is 5.32 Å². The Morgan fingerprint density at radius 2 is 1.65 bits per heavy atom. The minimum absolute atomic E-state index is 0.0326. The van der Waals surface area contributed by atoms with Crippen molar-refractivity contribution in [2.75, 3.05) is 18.2 Å². The van der Waals surface area contributed by atoms with Gasteiger partial charge in [-0.1, -0.05) is 45.0 Å². The molecule has 0 saturated heterocycles. The Balaban J connectivity index is 1.95. The quantitative estimate of drug-likeness (QED) is 0.814. The monoisotopic (exact) mass is 373 g/mol. The van der Waals surface area contributed by atoms with E-state index in [0.29, 0.717) is 10.6 Å². The predicted molar refractivity (Wildman–Crippen MR) is 103 cm³/mol. The van der Waals surface area contributed by atoms with Crippen molar-refractivity contribution in [3.05, 3.63) is 59.7 Å². The molecular weight excluding hydrogens is 350 g/mol. The number of hydrogen-bond acceptors (Lipinski definition) is 4. The van der Waals surface area contributed by atoms with E-state index in [1.165, 1.54) is 12.3 Å². The zero-order valence-corrected chi connectivity index (χ0v) is 16.2. The molecular formula is C20H23NO4S. The Morgan fingerprint density at radius 3 is 2.23 bits per heavy atom. The van der Waals surface area contributed by atoms with Gasteiger partial charge in [0.2, 0.25) is 0 Å². The van der Waals surface area contributed by atoms with Gasteiger partial charge in [0.05, 0.1) is 21.3 Å². The molecule has 0 saturated carbocycles. The third kappa shape index (κ3) is 5.26. The standard InChI is InChI=1S/C20H23NO4S/c1-20(2,3)14-9-11-15(12-10-14)21-18(22)13-25-19(23)16-7-5-6-8-17(16)26(4)24/h5-12H,13H2,1-4H3,(H,21,22)/t26-/m0/s1. The number of benzene rings is 2. The maximum absolute atomic E-state index is 12.1. The van der Waals surface area contributed by atoms with Crippen molar-refractivity contribution in [2.45, 2.75) is 31.1 Å². The largest absolute Gasteiger partial charge is 0.452 e. The van der Waals surface area contributed by atoms with Crippen LogP contribution >= 0.6 is 0 Å². The maximum atomic E-state index is 12.1. The number of carbonyl (C=O) groups excluding carboxylic acids is 2. The van der Waals surface area contributed by atoms with Crippen LogP contribution in [0.15, 0.2) is 53.4 Å². The highest BCUT2D eigenvalue weighted by atomic mass is 32.2. The fraction of sp³-hybridized carbons (Fsp3) is 0.300. The summed E-state index contributed by atoms with van der Waals surface area (Å²) in [5, 5.41) is 2.69. The molecule has 0 aliphatic rings. The molecule has 2 aromatic carbocycles. The number of nitrogens with one attached hydrogen (secondary N) is 1. The molecule has 0 aliphatic heterocycles. The molecule has 2 aromatic rings. The summed E-state index contributed by atoms with van der Waals surface area (Å²) in [5.74, 6) is -1.11. The van der Waals surface area contributed by atoms with Crippen LogP contribution in [-0.4, -0.2) is 28.9 Å². The average molecular weight is 373 g/mol. The molecule has 0 radical (unpaired) electrons. The lowest BCUT2D eigenvalue weighted by molar-refractivity contribution is -0.119. The van der Waals surface area contributed by atoms with Crippen LogP contribution in [0.5, 0.6) is 0 Å². The highest BCUT2D eigenvalue weighted by Gasteiger charge is 2.16. The van der Waals surface area contributed by atoms with Crippen LogP contribution in [0.3, 0.4) is 0 Å². The molecule has 0 aromatic heterocycles. The van der Waals surface area contributed by atoms with Crippen molar-refractivity contribution < 1.29 is 18.5 Å². The van der Waals surface area contributed by atoms with Gasteiger partial charge in [-0.05, 0) is 35.2 Å². The highest BCUT2D eigenvalue weighted by molar-refractivity contribution is 7.84. The Hall–Kier alpha value is -2.47. The van der Waals surface area contributed by atoms with Crippen LogP contribution in [0.1, 0.15) is 36.7 Å². The lowest BCUT2D eigenvalue weighted by Gasteiger charge is -2.19. The van der Waals surface area contributed by atoms with E-state index in [-0.39, 0.29) is 11.0 Å². The fourth-order valence-corrected chi connectivity index (χ4v) is 3.08. The predicted octanol–water partition coefficient (Wildman–Crippen LogP) is 3.52. The molecule has 1 amide bonds. The van der Waals surface area contributed by atoms with Gasteiger partial charge in [0.15, 0.2) is 6.61 Å². The first-order valence-corrected chi connectivity index (χ1v) is 9.74. The van der Waals surface area contributed by atoms with E-state index in [0.717, 1.165) is 5.56 Å². The van der Waals surface area contributed by atoms with Gasteiger partial charge in [-0.2, -0.15) is 0 Å². The Labute approximate surface area is 156 Å². The molecule has 26 heavy (non-hydrogen) atoms. The molecule has 6 heteroatoms. The molecule has 5 nitrogen and oxygen atoms in total. The second-order valence-electron chi connectivity index (χ2n) is 6.90. The third-order valence-corrected chi connectivity index (χ3v) is 4.76. The van der Waals surface area contributed by atoms with Crippen molar-refractivity contribution in [1.29, 1.82) is 0 Å². The first kappa shape index (κ1) is 19.8. The maximum Gasteiger partial charge on any atom is 0.339 e. The summed E-state index contributed by atoms with van der Waals surface area (Å²) >= 11 is 0. The van der Waals surface area contributed by atoms with Crippen molar-refractivity contribution in [2.24, 2.45) is 0 Å². The fourth-order valence-electron chi connectivity index (χ4n) is 2.35. The van der Waals surface area contributed by atoms with Crippen molar-refractivity contribution in [3.63, 3.8) is 0 Å². The normalized spacial score (nSPS) is 12.3. The smallest absolute Gasteiger partial charge is 0.339 e. The van der Waals surface area contributed by atoms with E-state index in [1.807, 2.05) is 24.3 Å². The average Bonchev–Trinajstić information content (AvgIpc) is 2.59. The zero-order chi connectivity index (χ0) is 19.3. The van der Waals surface area contributed by atoms with Gasteiger partial charge in [0.1, 0.15) is 0 Å². The Morgan fingerprint density at radius 1 is 1.04 bits per heavy atom. The number of carbonyl (C=O) groups is 2. The number of ether oxygens (including phenoxy) is 1. The van der Waals surface area contributed by atoms with Crippen LogP contribution in [0.2, 0.25) is 0 Å². The SMILES string of the molecule is C[S@](=O)c1ccccc1C(=O)OCC(=O)Nc1ccc(C(C)(C)C)cc1. The van der Waals surface area contributed by atoms with Gasteiger partial charge in [0, 0.05) is 11.9 Å². The summed E-state index contributed by atoms with van der Waals surface area (Å²) in [5.41, 5.74) is 2.03. The van der Waals surface area contributed by atoms with Gasteiger partial charge in [0.25, 0.3) is 5.91 Å². The highest BCUT2D eigenvalue weighted by Crippen LogP contribution is 2.23. The van der Waals surface area contributed by atoms with E-state index < -0.39 is 29.3 Å². The lowest BCUT2D eigenvalue weighted by atomic mass is 9.87. The number of esters is 1. The third-order valence-electron chi connectivity index (χ3n) is 3.79. The van der Waals surface area contributed by atoms with Gasteiger partial charge < -0.3 is 10.1 Å². The van der Waals surface area contributed by atoms with E-state index in [9.17, 15) is 13.8 Å². The molecule has 0 aliphatic carbocycles. The molecule has 138 valence electrons. The zero-order valence-electron chi connectivity index (χ0n) is 15.4. The van der Waals surface area contributed by atoms with Gasteiger partial charge in [-0.25, -0.2) is 4.79 Å². The number of rotatable bonds is 5. The molecule has 0 bridgehead atoms. The van der Waals surface area contributed by atoms with E-state index in [1.54, 1.807) is 18.2 Å². The second kappa shape index (κ2) is 8.27. The molecule has 0 unspecified atom stereocenters. The lowest BCUT2D eigenvalue weighted by Crippen LogP contribution is -2.21. The first-order chi connectivity index (χ1) is 12.2. The van der Waals surface area contributed by atoms with Crippen molar-refractivity contribution in [3.8, 4) is 0 Å². The summed E-state index contributed by atoms with van der Waals surface area (Å²) in [6.45, 7) is 5.92. The number of hydrogen-bond donors (Lipinski definition) is 1. The van der Waals surface area contributed by atoms with Crippen molar-refractivity contribution >= 4 is 28.4 Å². The molecule has 1 N–H and O–H groups in total. The minimum Gasteiger partial charge on any atom is -0.452 e. The van der Waals surface area contributed by atoms with E-state index in [4.69, 9.17) is 4.74 Å². The van der Waals surface area contributed by atoms with Gasteiger partial charge in [-0.3, -0.25) is 9.00 Å². The van der Waals surface area contributed by atoms with Crippen molar-refractivity contribution in [1.82, 2.24) is 0 Å². The van der Waals surface area contributed by atoms with Crippen LogP contribution in [0.25, 0.3) is 0 Å². The number of amides is 1. The van der Waals surface area contributed by atoms with Gasteiger partial charge in [-0.15, -0.1) is 0 Å². The molecule has 0 fully saturated rings. The van der Waals surface area contributed by atoms with Crippen LogP contribution in [0.4, 0.5) is 5.69 Å². The summed E-state index contributed by atoms with van der Waals surface area (Å²) in [6, 6.07) is 14.0. The number of anilines is 1. The summed E-state index contributed by atoms with van der Waals surface area (Å²) in [4.78, 5) is 24.5. The topological polar surface area (TPSA) is 72.5 Å².